The molecule has 0 saturated heterocycles. The highest BCUT2D eigenvalue weighted by molar-refractivity contribution is 7.89. The smallest absolute Gasteiger partial charge is 0.265 e. The van der Waals surface area contributed by atoms with Crippen molar-refractivity contribution in [1.82, 2.24) is 24.2 Å². The van der Waals surface area contributed by atoms with Crippen LogP contribution in [0.5, 0.6) is 0 Å². The first kappa shape index (κ1) is 23.8. The molecule has 0 saturated carbocycles. The maximum atomic E-state index is 12.9. The summed E-state index contributed by atoms with van der Waals surface area (Å²) in [5.74, 6) is -0.209. The van der Waals surface area contributed by atoms with Crippen molar-refractivity contribution in [3.8, 4) is 28.6 Å². The van der Waals surface area contributed by atoms with Crippen LogP contribution in [0, 0.1) is 11.3 Å². The number of carbonyl (C=O) groups excluding carboxylic acids is 1. The second-order valence-electron chi connectivity index (χ2n) is 9.05. The van der Waals surface area contributed by atoms with Gasteiger partial charge in [0.05, 0.1) is 34.5 Å². The molecular weight excluding hydrogens is 466 g/mol. The second-order valence-corrected chi connectivity index (χ2v) is 10.8. The van der Waals surface area contributed by atoms with Gasteiger partial charge in [-0.3, -0.25) is 4.79 Å². The average Bonchev–Trinajstić information content (AvgIpc) is 3.17. The van der Waals surface area contributed by atoms with Crippen molar-refractivity contribution < 1.29 is 13.2 Å². The highest BCUT2D eigenvalue weighted by Gasteiger charge is 2.26. The molecule has 1 amide bonds. The van der Waals surface area contributed by atoms with E-state index in [0.717, 1.165) is 22.9 Å². The molecule has 2 aromatic heterocycles. The van der Waals surface area contributed by atoms with Crippen molar-refractivity contribution in [2.75, 3.05) is 12.0 Å². The summed E-state index contributed by atoms with van der Waals surface area (Å²) in [6.45, 7) is 5.97. The molecule has 0 spiro atoms. The number of nitrogens with two attached hydrogens (primary N) is 1. The number of aromatic nitrogens is 4. The third-order valence-electron chi connectivity index (χ3n) is 5.24. The lowest BCUT2D eigenvalue weighted by Crippen LogP contribution is -2.30. The third-order valence-corrected chi connectivity index (χ3v) is 5.80. The number of hydrogen-bond acceptors (Lipinski definition) is 8. The Morgan fingerprint density at radius 3 is 2.37 bits per heavy atom. The average molecular weight is 490 g/mol. The number of sulfonamides is 1. The van der Waals surface area contributed by atoms with Gasteiger partial charge in [0.25, 0.3) is 5.91 Å². The highest BCUT2D eigenvalue weighted by Crippen LogP contribution is 2.35. The monoisotopic (exact) mass is 489 g/mol. The molecule has 0 radical (unpaired) electrons. The van der Waals surface area contributed by atoms with Gasteiger partial charge in [0.15, 0.2) is 0 Å². The molecule has 0 unspecified atom stereocenters. The minimum atomic E-state index is -3.80. The van der Waals surface area contributed by atoms with E-state index in [1.165, 1.54) is 18.2 Å². The lowest BCUT2D eigenvalue weighted by Gasteiger charge is -2.25. The van der Waals surface area contributed by atoms with Crippen LogP contribution in [-0.4, -0.2) is 40.1 Å². The Bertz CT molecular complexity index is 1610. The van der Waals surface area contributed by atoms with Crippen LogP contribution in [0.15, 0.2) is 48.8 Å². The molecule has 0 aliphatic heterocycles. The van der Waals surface area contributed by atoms with E-state index in [1.54, 1.807) is 12.4 Å². The van der Waals surface area contributed by atoms with E-state index in [4.69, 9.17) is 10.7 Å². The quantitative estimate of drug-likeness (QED) is 0.443. The van der Waals surface area contributed by atoms with Crippen LogP contribution in [0.1, 0.15) is 36.7 Å². The van der Waals surface area contributed by atoms with Crippen molar-refractivity contribution in [2.24, 2.45) is 0 Å². The standard InChI is InChI=1S/C24H23N7O3S/c1-24(2,3)31-20-8-6-15(16-12-27-23(26)28-13-16)10-19(20)29-21(31)18-9-14(11-25)5-7-17(18)22(32)30-35(4,33)34/h5-10,12-13H,1-4H3,(H,30,32)(H2,26,27,28). The minimum absolute atomic E-state index is 0.0855. The van der Waals surface area contributed by atoms with Gasteiger partial charge in [-0.1, -0.05) is 6.07 Å². The topological polar surface area (TPSA) is 157 Å². The second kappa shape index (κ2) is 8.48. The van der Waals surface area contributed by atoms with Gasteiger partial charge in [-0.15, -0.1) is 0 Å². The Kier molecular flexibility index (Phi) is 5.78. The maximum absolute atomic E-state index is 12.9. The molecule has 4 rings (SSSR count). The van der Waals surface area contributed by atoms with Crippen molar-refractivity contribution >= 4 is 32.9 Å². The van der Waals surface area contributed by atoms with E-state index >= 15 is 0 Å². The summed E-state index contributed by atoms with van der Waals surface area (Å²) in [6, 6.07) is 12.2. The Labute approximate surface area is 202 Å². The minimum Gasteiger partial charge on any atom is -0.368 e. The lowest BCUT2D eigenvalue weighted by atomic mass is 10.0. The van der Waals surface area contributed by atoms with Gasteiger partial charge in [0, 0.05) is 29.1 Å². The van der Waals surface area contributed by atoms with Gasteiger partial charge < -0.3 is 10.3 Å². The van der Waals surface area contributed by atoms with Crippen molar-refractivity contribution in [2.45, 2.75) is 26.3 Å². The largest absolute Gasteiger partial charge is 0.368 e. The summed E-state index contributed by atoms with van der Waals surface area (Å²) in [6.07, 6.45) is 4.14. The molecule has 35 heavy (non-hydrogen) atoms. The number of carbonyl (C=O) groups is 1. The van der Waals surface area contributed by atoms with Crippen molar-refractivity contribution in [3.05, 3.63) is 59.9 Å². The molecule has 0 fully saturated rings. The molecule has 178 valence electrons. The summed E-state index contributed by atoms with van der Waals surface area (Å²) >= 11 is 0. The highest BCUT2D eigenvalue weighted by atomic mass is 32.2. The van der Waals surface area contributed by atoms with E-state index in [1.807, 2.05) is 48.3 Å². The summed E-state index contributed by atoms with van der Waals surface area (Å²) in [5.41, 5.74) is 8.88. The van der Waals surface area contributed by atoms with Gasteiger partial charge in [-0.05, 0) is 56.7 Å². The van der Waals surface area contributed by atoms with Crippen molar-refractivity contribution in [1.29, 1.82) is 5.26 Å². The van der Waals surface area contributed by atoms with E-state index in [9.17, 15) is 18.5 Å². The summed E-state index contributed by atoms with van der Waals surface area (Å²) in [7, 11) is -3.80. The maximum Gasteiger partial charge on any atom is 0.265 e. The molecule has 0 aliphatic rings. The molecule has 2 heterocycles. The first-order chi connectivity index (χ1) is 16.4. The fraction of sp³-hybridized carbons (Fsp3) is 0.208. The van der Waals surface area contributed by atoms with Gasteiger partial charge in [-0.2, -0.15) is 5.26 Å². The van der Waals surface area contributed by atoms with Crippen LogP contribution < -0.4 is 10.5 Å². The molecule has 0 aliphatic carbocycles. The van der Waals surface area contributed by atoms with Gasteiger partial charge in [0.2, 0.25) is 16.0 Å². The molecule has 11 heteroatoms. The molecule has 0 atom stereocenters. The predicted octanol–water partition coefficient (Wildman–Crippen LogP) is 3.06. The zero-order valence-electron chi connectivity index (χ0n) is 19.6. The van der Waals surface area contributed by atoms with Crippen LogP contribution in [0.3, 0.4) is 0 Å². The summed E-state index contributed by atoms with van der Waals surface area (Å²) < 4.78 is 27.4. The van der Waals surface area contributed by atoms with E-state index in [0.29, 0.717) is 22.5 Å². The van der Waals surface area contributed by atoms with Crippen LogP contribution in [0.25, 0.3) is 33.5 Å². The van der Waals surface area contributed by atoms with Crippen molar-refractivity contribution in [3.63, 3.8) is 0 Å². The molecule has 10 nitrogen and oxygen atoms in total. The third kappa shape index (κ3) is 4.83. The lowest BCUT2D eigenvalue weighted by molar-refractivity contribution is 0.0982. The molecule has 2 aromatic carbocycles. The summed E-state index contributed by atoms with van der Waals surface area (Å²) in [5, 5.41) is 9.48. The number of benzene rings is 2. The number of nitrogens with zero attached hydrogens (tertiary/aromatic N) is 5. The number of anilines is 1. The number of rotatable bonds is 4. The van der Waals surface area contributed by atoms with Gasteiger partial charge in [0.1, 0.15) is 5.82 Å². The number of amides is 1. The van der Waals surface area contributed by atoms with Gasteiger partial charge >= 0.3 is 0 Å². The zero-order valence-corrected chi connectivity index (χ0v) is 20.4. The Hall–Kier alpha value is -4.30. The van der Waals surface area contributed by atoms with E-state index in [2.05, 4.69) is 16.0 Å². The molecule has 3 N–H and O–H groups in total. The van der Waals surface area contributed by atoms with E-state index < -0.39 is 21.5 Å². The van der Waals surface area contributed by atoms with Crippen LogP contribution >= 0.6 is 0 Å². The number of nitrogen functional groups attached to an aromatic ring is 1. The van der Waals surface area contributed by atoms with E-state index in [-0.39, 0.29) is 11.5 Å². The van der Waals surface area contributed by atoms with Gasteiger partial charge in [-0.25, -0.2) is 28.1 Å². The normalized spacial score (nSPS) is 11.9. The molecule has 0 bridgehead atoms. The number of nitrogens with one attached hydrogen (secondary N) is 1. The number of nitriles is 1. The number of hydrogen-bond donors (Lipinski definition) is 2. The SMILES string of the molecule is CC(C)(C)n1c(-c2cc(C#N)ccc2C(=O)NS(C)(=O)=O)nc2cc(-c3cnc(N)nc3)ccc21. The predicted molar refractivity (Wildman–Crippen MR) is 133 cm³/mol. The Morgan fingerprint density at radius 1 is 1.09 bits per heavy atom. The number of imidazole rings is 1. The molecular formula is C24H23N7O3S. The Morgan fingerprint density at radius 2 is 1.77 bits per heavy atom. The van der Waals surface area contributed by atoms with Crippen LogP contribution in [-0.2, 0) is 15.6 Å². The first-order valence-corrected chi connectivity index (χ1v) is 12.4. The fourth-order valence-corrected chi connectivity index (χ4v) is 4.27. The summed E-state index contributed by atoms with van der Waals surface area (Å²) in [4.78, 5) is 25.8. The van der Waals surface area contributed by atoms with Crippen LogP contribution in [0.2, 0.25) is 0 Å². The molecule has 4 aromatic rings. The van der Waals surface area contributed by atoms with Crippen LogP contribution in [0.4, 0.5) is 5.95 Å². The number of fused-ring (bicyclic) bond motifs is 1. The Balaban J connectivity index is 1.99. The zero-order chi connectivity index (χ0) is 25.5. The first-order valence-electron chi connectivity index (χ1n) is 10.5. The fourth-order valence-electron chi connectivity index (χ4n) is 3.83.